The number of fused-ring (bicyclic) bond motifs is 2. The van der Waals surface area contributed by atoms with Gasteiger partial charge in [0.05, 0.1) is 31.1 Å². The molecule has 0 heterocycles. The summed E-state index contributed by atoms with van der Waals surface area (Å²) in [7, 11) is 5.34. The minimum absolute atomic E-state index is 0.0947. The monoisotopic (exact) mass is 542 g/mol. The first-order valence-corrected chi connectivity index (χ1v) is 14.5. The van der Waals surface area contributed by atoms with Crippen LogP contribution in [0.1, 0.15) is 58.4 Å². The molecule has 7 nitrogen and oxygen atoms in total. The first kappa shape index (κ1) is 31.5. The molecule has 218 valence electrons. The van der Waals surface area contributed by atoms with Crippen LogP contribution >= 0.6 is 0 Å². The summed E-state index contributed by atoms with van der Waals surface area (Å²) in [6.45, 7) is 9.24. The van der Waals surface area contributed by atoms with Gasteiger partial charge in [0.1, 0.15) is 5.60 Å². The summed E-state index contributed by atoms with van der Waals surface area (Å²) in [5.74, 6) is 0.536. The van der Waals surface area contributed by atoms with E-state index in [0.717, 1.165) is 51.7 Å². The van der Waals surface area contributed by atoms with Gasteiger partial charge in [-0.1, -0.05) is 50.3 Å². The van der Waals surface area contributed by atoms with Gasteiger partial charge in [-0.05, 0) is 69.8 Å². The van der Waals surface area contributed by atoms with Crippen LogP contribution < -0.4 is 5.32 Å². The molecule has 1 fully saturated rings. The standard InChI is InChI=1S/C32H50N2O5/c1-24(2)30(36)39-32(20-26-13-14-27(32)19-28(26)25-11-8-7-9-12-25)15-18-34(4)17-10-16-33-21-29(35)31(3,22-37-5)23-38-6/h7-9,11-12,19,24,26-27,33H,10,13-18,20-23H2,1-6H3/t26-,27-,32+/m1/s1. The summed E-state index contributed by atoms with van der Waals surface area (Å²) < 4.78 is 16.8. The number of esters is 1. The Balaban J connectivity index is 1.54. The van der Waals surface area contributed by atoms with Crippen molar-refractivity contribution in [2.45, 2.75) is 58.5 Å². The fourth-order valence-electron chi connectivity index (χ4n) is 6.13. The third-order valence-corrected chi connectivity index (χ3v) is 8.49. The Hall–Kier alpha value is -2.06. The van der Waals surface area contributed by atoms with Crippen molar-refractivity contribution in [1.82, 2.24) is 10.2 Å². The Labute approximate surface area is 235 Å². The number of hydrogen-bond acceptors (Lipinski definition) is 7. The summed E-state index contributed by atoms with van der Waals surface area (Å²) in [5, 5.41) is 3.29. The van der Waals surface area contributed by atoms with E-state index in [1.54, 1.807) is 14.2 Å². The fourth-order valence-corrected chi connectivity index (χ4v) is 6.13. The Bertz CT molecular complexity index is 957. The van der Waals surface area contributed by atoms with Crippen LogP contribution in [0.5, 0.6) is 0 Å². The predicted molar refractivity (Wildman–Crippen MR) is 155 cm³/mol. The first-order valence-electron chi connectivity index (χ1n) is 14.5. The lowest BCUT2D eigenvalue weighted by molar-refractivity contribution is -0.176. The fraction of sp³-hybridized carbons (Fsp3) is 0.688. The third-order valence-electron chi connectivity index (χ3n) is 8.49. The maximum absolute atomic E-state index is 12.8. The molecule has 1 N–H and O–H groups in total. The average Bonchev–Trinajstić information content (AvgIpc) is 2.92. The Morgan fingerprint density at radius 2 is 1.79 bits per heavy atom. The number of rotatable bonds is 17. The molecule has 0 saturated heterocycles. The van der Waals surface area contributed by atoms with Crippen LogP contribution in [0.15, 0.2) is 36.4 Å². The zero-order valence-corrected chi connectivity index (χ0v) is 25.0. The zero-order valence-electron chi connectivity index (χ0n) is 25.0. The van der Waals surface area contributed by atoms with Crippen LogP contribution in [0, 0.1) is 23.2 Å². The smallest absolute Gasteiger partial charge is 0.308 e. The van der Waals surface area contributed by atoms with Gasteiger partial charge < -0.3 is 24.4 Å². The van der Waals surface area contributed by atoms with E-state index in [4.69, 9.17) is 14.2 Å². The summed E-state index contributed by atoms with van der Waals surface area (Å²) >= 11 is 0. The second kappa shape index (κ2) is 14.5. The molecule has 4 rings (SSSR count). The summed E-state index contributed by atoms with van der Waals surface area (Å²) in [5.41, 5.74) is 1.64. The van der Waals surface area contributed by atoms with Crippen LogP contribution in [0.25, 0.3) is 5.57 Å². The van der Waals surface area contributed by atoms with E-state index in [-0.39, 0.29) is 23.6 Å². The normalized spacial score (nSPS) is 22.8. The number of allylic oxidation sites excluding steroid dienone is 1. The lowest BCUT2D eigenvalue weighted by Crippen LogP contribution is -2.51. The Kier molecular flexibility index (Phi) is 11.7. The van der Waals surface area contributed by atoms with Gasteiger partial charge in [-0.2, -0.15) is 0 Å². The van der Waals surface area contributed by atoms with E-state index >= 15 is 0 Å². The molecule has 0 aromatic heterocycles. The van der Waals surface area contributed by atoms with Crippen LogP contribution in [0.2, 0.25) is 0 Å². The van der Waals surface area contributed by atoms with Gasteiger partial charge in [0.25, 0.3) is 0 Å². The molecule has 3 aliphatic rings. The SMILES string of the molecule is COCC(C)(COC)C(=O)CNCCCN(C)CC[C@]1(OC(=O)C(C)C)C[C@H]2CC[C@@H]1C=C2c1ccccc1. The molecule has 0 amide bonds. The van der Waals surface area contributed by atoms with Gasteiger partial charge >= 0.3 is 5.97 Å². The van der Waals surface area contributed by atoms with Crippen LogP contribution in [-0.2, 0) is 23.8 Å². The minimum Gasteiger partial charge on any atom is -0.458 e. The van der Waals surface area contributed by atoms with E-state index in [0.29, 0.717) is 25.7 Å². The van der Waals surface area contributed by atoms with E-state index < -0.39 is 11.0 Å². The number of ketones is 1. The molecule has 7 heteroatoms. The number of carbonyl (C=O) groups excluding carboxylic acids is 2. The lowest BCUT2D eigenvalue weighted by Gasteiger charge is -2.50. The van der Waals surface area contributed by atoms with Gasteiger partial charge in [-0.3, -0.25) is 9.59 Å². The number of methoxy groups -OCH3 is 2. The minimum atomic E-state index is -0.636. The summed E-state index contributed by atoms with van der Waals surface area (Å²) in [6, 6.07) is 10.6. The van der Waals surface area contributed by atoms with Crippen molar-refractivity contribution >= 4 is 17.3 Å². The molecule has 3 aliphatic carbocycles. The second-order valence-corrected chi connectivity index (χ2v) is 12.1. The van der Waals surface area contributed by atoms with Gasteiger partial charge in [0, 0.05) is 33.1 Å². The summed E-state index contributed by atoms with van der Waals surface area (Å²) in [4.78, 5) is 27.8. The number of benzene rings is 1. The van der Waals surface area contributed by atoms with Crippen molar-refractivity contribution in [3.63, 3.8) is 0 Å². The molecule has 0 aliphatic heterocycles. The maximum Gasteiger partial charge on any atom is 0.308 e. The van der Waals surface area contributed by atoms with E-state index in [1.165, 1.54) is 11.1 Å². The molecule has 1 aromatic carbocycles. The highest BCUT2D eigenvalue weighted by molar-refractivity contribution is 5.86. The van der Waals surface area contributed by atoms with Crippen molar-refractivity contribution in [3.8, 4) is 0 Å². The maximum atomic E-state index is 12.8. The number of carbonyl (C=O) groups is 2. The van der Waals surface area contributed by atoms with Crippen molar-refractivity contribution in [2.75, 3.05) is 60.7 Å². The Morgan fingerprint density at radius 3 is 2.38 bits per heavy atom. The molecule has 1 saturated carbocycles. The molecule has 39 heavy (non-hydrogen) atoms. The van der Waals surface area contributed by atoms with Gasteiger partial charge in [0.2, 0.25) is 0 Å². The lowest BCUT2D eigenvalue weighted by atomic mass is 9.60. The van der Waals surface area contributed by atoms with E-state index in [2.05, 4.69) is 53.7 Å². The molecular weight excluding hydrogens is 492 g/mol. The Morgan fingerprint density at radius 1 is 1.10 bits per heavy atom. The molecule has 0 spiro atoms. The molecule has 2 bridgehead atoms. The van der Waals surface area contributed by atoms with Crippen LogP contribution in [0.4, 0.5) is 0 Å². The topological polar surface area (TPSA) is 77.1 Å². The third kappa shape index (κ3) is 8.23. The molecular formula is C32H50N2O5. The van der Waals surface area contributed by atoms with Gasteiger partial charge in [-0.15, -0.1) is 0 Å². The van der Waals surface area contributed by atoms with Gasteiger partial charge in [0.15, 0.2) is 5.78 Å². The second-order valence-electron chi connectivity index (χ2n) is 12.1. The van der Waals surface area contributed by atoms with Crippen molar-refractivity contribution in [2.24, 2.45) is 23.2 Å². The van der Waals surface area contributed by atoms with Crippen LogP contribution in [0.3, 0.4) is 0 Å². The number of ether oxygens (including phenoxy) is 3. The first-order chi connectivity index (χ1) is 18.6. The quantitative estimate of drug-likeness (QED) is 0.228. The average molecular weight is 543 g/mol. The summed E-state index contributed by atoms with van der Waals surface area (Å²) in [6.07, 6.45) is 7.29. The number of hydrogen-bond donors (Lipinski definition) is 1. The molecule has 0 radical (unpaired) electrons. The largest absolute Gasteiger partial charge is 0.458 e. The number of nitrogens with one attached hydrogen (secondary N) is 1. The van der Waals surface area contributed by atoms with Crippen molar-refractivity contribution in [3.05, 3.63) is 42.0 Å². The highest BCUT2D eigenvalue weighted by atomic mass is 16.6. The number of Topliss-reactive ketones (excluding diaryl/α,β-unsaturated/α-hetero) is 1. The molecule has 0 unspecified atom stereocenters. The highest BCUT2D eigenvalue weighted by Gasteiger charge is 2.50. The van der Waals surface area contributed by atoms with E-state index in [9.17, 15) is 9.59 Å². The number of nitrogens with zero attached hydrogens (tertiary/aromatic N) is 1. The zero-order chi connectivity index (χ0) is 28.5. The van der Waals surface area contributed by atoms with Crippen molar-refractivity contribution < 1.29 is 23.8 Å². The molecule has 1 aromatic rings. The molecule has 3 atom stereocenters. The van der Waals surface area contributed by atoms with Crippen molar-refractivity contribution in [1.29, 1.82) is 0 Å². The van der Waals surface area contributed by atoms with Crippen LogP contribution in [-0.4, -0.2) is 82.9 Å². The predicted octanol–water partition coefficient (Wildman–Crippen LogP) is 4.61. The van der Waals surface area contributed by atoms with E-state index in [1.807, 2.05) is 20.8 Å². The van der Waals surface area contributed by atoms with Gasteiger partial charge in [-0.25, -0.2) is 0 Å². The highest BCUT2D eigenvalue weighted by Crippen LogP contribution is 2.53.